The predicted octanol–water partition coefficient (Wildman–Crippen LogP) is 2.03. The molecule has 1 N–H and O–H groups in total. The first-order valence-electron chi connectivity index (χ1n) is 6.64. The van der Waals surface area contributed by atoms with Gasteiger partial charge < -0.3 is 14.8 Å². The lowest BCUT2D eigenvalue weighted by Crippen LogP contribution is -2.18. The van der Waals surface area contributed by atoms with Crippen LogP contribution in [0.3, 0.4) is 0 Å². The Hall–Kier alpha value is -2.47. The molecule has 0 aliphatic rings. The van der Waals surface area contributed by atoms with Crippen molar-refractivity contribution in [3.05, 3.63) is 48.3 Å². The molecule has 1 aromatic heterocycles. The zero-order valence-corrected chi connectivity index (χ0v) is 11.8. The number of nitrogens with one attached hydrogen (secondary N) is 1. The molecule has 0 spiro atoms. The first kappa shape index (κ1) is 14.9. The summed E-state index contributed by atoms with van der Waals surface area (Å²) in [6.45, 7) is 2.72. The Kier molecular flexibility index (Phi) is 5.66. The fourth-order valence-electron chi connectivity index (χ4n) is 1.62. The average Bonchev–Trinajstić information content (AvgIpc) is 2.51. The molecule has 0 fully saturated rings. The van der Waals surface area contributed by atoms with Crippen LogP contribution >= 0.6 is 0 Å². The maximum Gasteiger partial charge on any atom is 0.316 e. The molecule has 0 bridgehead atoms. The normalized spacial score (nSPS) is 10.1. The fraction of sp³-hybridized carbons (Fsp3) is 0.267. The summed E-state index contributed by atoms with van der Waals surface area (Å²) in [6, 6.07) is 9.96. The van der Waals surface area contributed by atoms with Crippen LogP contribution in [0.1, 0.15) is 12.5 Å². The van der Waals surface area contributed by atoms with Crippen molar-refractivity contribution in [2.75, 3.05) is 18.5 Å². The molecule has 0 aliphatic carbocycles. The smallest absolute Gasteiger partial charge is 0.316 e. The van der Waals surface area contributed by atoms with Crippen LogP contribution in [-0.4, -0.2) is 29.1 Å². The SMILES string of the molecule is CCOc1ncc(NC(=O)COCc2ccccc2)cn1. The van der Waals surface area contributed by atoms with E-state index in [0.29, 0.717) is 18.9 Å². The molecule has 0 aliphatic heterocycles. The lowest BCUT2D eigenvalue weighted by atomic mass is 10.2. The van der Waals surface area contributed by atoms with Crippen LogP contribution in [0.5, 0.6) is 6.01 Å². The summed E-state index contributed by atoms with van der Waals surface area (Å²) in [5.41, 5.74) is 1.53. The second-order valence-electron chi connectivity index (χ2n) is 4.21. The Bertz CT molecular complexity index is 558. The monoisotopic (exact) mass is 287 g/mol. The minimum absolute atomic E-state index is 0.0257. The van der Waals surface area contributed by atoms with Gasteiger partial charge in [-0.3, -0.25) is 4.79 Å². The lowest BCUT2D eigenvalue weighted by molar-refractivity contribution is -0.121. The van der Waals surface area contributed by atoms with E-state index in [1.165, 1.54) is 12.4 Å². The van der Waals surface area contributed by atoms with E-state index in [1.54, 1.807) is 0 Å². The molecule has 2 rings (SSSR count). The number of nitrogens with zero attached hydrogens (tertiary/aromatic N) is 2. The Balaban J connectivity index is 1.74. The Morgan fingerprint density at radius 3 is 2.57 bits per heavy atom. The summed E-state index contributed by atoms with van der Waals surface area (Å²) in [5.74, 6) is -0.251. The second kappa shape index (κ2) is 7.96. The maximum absolute atomic E-state index is 11.7. The highest BCUT2D eigenvalue weighted by molar-refractivity contribution is 5.91. The third-order valence-corrected chi connectivity index (χ3v) is 2.53. The van der Waals surface area contributed by atoms with E-state index in [-0.39, 0.29) is 18.5 Å². The van der Waals surface area contributed by atoms with E-state index in [0.717, 1.165) is 5.56 Å². The van der Waals surface area contributed by atoms with E-state index < -0.39 is 0 Å². The molecule has 2 aromatic rings. The van der Waals surface area contributed by atoms with Gasteiger partial charge in [-0.1, -0.05) is 30.3 Å². The van der Waals surface area contributed by atoms with Gasteiger partial charge >= 0.3 is 6.01 Å². The number of hydrogen-bond acceptors (Lipinski definition) is 5. The van der Waals surface area contributed by atoms with Gasteiger partial charge in [-0.25, -0.2) is 9.97 Å². The highest BCUT2D eigenvalue weighted by Crippen LogP contribution is 2.07. The third-order valence-electron chi connectivity index (χ3n) is 2.53. The van der Waals surface area contributed by atoms with Crippen LogP contribution in [0.25, 0.3) is 0 Å². The fourth-order valence-corrected chi connectivity index (χ4v) is 1.62. The summed E-state index contributed by atoms with van der Waals surface area (Å²) in [7, 11) is 0. The highest BCUT2D eigenvalue weighted by Gasteiger charge is 2.04. The molecule has 1 aromatic carbocycles. The van der Waals surface area contributed by atoms with Crippen molar-refractivity contribution in [2.24, 2.45) is 0 Å². The summed E-state index contributed by atoms with van der Waals surface area (Å²) in [4.78, 5) is 19.6. The van der Waals surface area contributed by atoms with Gasteiger partial charge in [0.15, 0.2) is 0 Å². The number of carbonyl (C=O) groups excluding carboxylic acids is 1. The van der Waals surface area contributed by atoms with Crippen molar-refractivity contribution in [1.29, 1.82) is 0 Å². The van der Waals surface area contributed by atoms with Gasteiger partial charge in [0.1, 0.15) is 6.61 Å². The van der Waals surface area contributed by atoms with Crippen molar-refractivity contribution in [1.82, 2.24) is 9.97 Å². The van der Waals surface area contributed by atoms with Crippen LogP contribution in [-0.2, 0) is 16.1 Å². The first-order chi connectivity index (χ1) is 10.3. The molecular weight excluding hydrogens is 270 g/mol. The number of hydrogen-bond donors (Lipinski definition) is 1. The lowest BCUT2D eigenvalue weighted by Gasteiger charge is -2.06. The molecule has 1 heterocycles. The molecule has 6 nitrogen and oxygen atoms in total. The van der Waals surface area contributed by atoms with Crippen molar-refractivity contribution in [2.45, 2.75) is 13.5 Å². The quantitative estimate of drug-likeness (QED) is 0.843. The van der Waals surface area contributed by atoms with Gasteiger partial charge in [-0.05, 0) is 12.5 Å². The highest BCUT2D eigenvalue weighted by atomic mass is 16.5. The largest absolute Gasteiger partial charge is 0.464 e. The van der Waals surface area contributed by atoms with Crippen LogP contribution in [0.15, 0.2) is 42.7 Å². The molecule has 0 unspecified atom stereocenters. The van der Waals surface area contributed by atoms with Gasteiger partial charge in [-0.2, -0.15) is 0 Å². The van der Waals surface area contributed by atoms with Gasteiger partial charge in [0, 0.05) is 0 Å². The van der Waals surface area contributed by atoms with Crippen molar-refractivity contribution < 1.29 is 14.3 Å². The number of benzene rings is 1. The van der Waals surface area contributed by atoms with Crippen LogP contribution in [0.2, 0.25) is 0 Å². The minimum atomic E-state index is -0.251. The third kappa shape index (κ3) is 5.19. The molecule has 0 saturated carbocycles. The number of aromatic nitrogens is 2. The summed E-state index contributed by atoms with van der Waals surface area (Å²) in [6.07, 6.45) is 2.99. The van der Waals surface area contributed by atoms with Crippen molar-refractivity contribution in [3.63, 3.8) is 0 Å². The molecule has 110 valence electrons. The predicted molar refractivity (Wildman–Crippen MR) is 77.9 cm³/mol. The van der Waals surface area contributed by atoms with Gasteiger partial charge in [0.05, 0.1) is 31.3 Å². The Labute approximate surface area is 123 Å². The number of rotatable bonds is 7. The molecule has 0 saturated heterocycles. The summed E-state index contributed by atoms with van der Waals surface area (Å²) < 4.78 is 10.5. The molecule has 21 heavy (non-hydrogen) atoms. The number of ether oxygens (including phenoxy) is 2. The molecule has 0 atom stereocenters. The van der Waals surface area contributed by atoms with Crippen LogP contribution in [0.4, 0.5) is 5.69 Å². The maximum atomic E-state index is 11.7. The molecule has 6 heteroatoms. The van der Waals surface area contributed by atoms with Crippen molar-refractivity contribution >= 4 is 11.6 Å². The molecule has 0 radical (unpaired) electrons. The number of carbonyl (C=O) groups is 1. The van der Waals surface area contributed by atoms with E-state index in [1.807, 2.05) is 37.3 Å². The van der Waals surface area contributed by atoms with Gasteiger partial charge in [-0.15, -0.1) is 0 Å². The Morgan fingerprint density at radius 1 is 1.19 bits per heavy atom. The number of amides is 1. The van der Waals surface area contributed by atoms with E-state index in [9.17, 15) is 4.79 Å². The van der Waals surface area contributed by atoms with E-state index in [2.05, 4.69) is 15.3 Å². The van der Waals surface area contributed by atoms with Gasteiger partial charge in [0.2, 0.25) is 5.91 Å². The summed E-state index contributed by atoms with van der Waals surface area (Å²) >= 11 is 0. The average molecular weight is 287 g/mol. The van der Waals surface area contributed by atoms with Gasteiger partial charge in [0.25, 0.3) is 0 Å². The second-order valence-corrected chi connectivity index (χ2v) is 4.21. The molecular formula is C15H17N3O3. The zero-order valence-electron chi connectivity index (χ0n) is 11.8. The van der Waals surface area contributed by atoms with E-state index >= 15 is 0 Å². The first-order valence-corrected chi connectivity index (χ1v) is 6.64. The Morgan fingerprint density at radius 2 is 1.90 bits per heavy atom. The van der Waals surface area contributed by atoms with Crippen molar-refractivity contribution in [3.8, 4) is 6.01 Å². The zero-order chi connectivity index (χ0) is 14.9. The van der Waals surface area contributed by atoms with Crippen LogP contribution in [0, 0.1) is 0 Å². The summed E-state index contributed by atoms with van der Waals surface area (Å²) in [5, 5.41) is 2.65. The molecule has 1 amide bonds. The topological polar surface area (TPSA) is 73.3 Å². The minimum Gasteiger partial charge on any atom is -0.464 e. The van der Waals surface area contributed by atoms with Crippen LogP contribution < -0.4 is 10.1 Å². The standard InChI is InChI=1S/C15H17N3O3/c1-2-21-15-16-8-13(9-17-15)18-14(19)11-20-10-12-6-4-3-5-7-12/h3-9H,2,10-11H2,1H3,(H,18,19). The number of anilines is 1. The van der Waals surface area contributed by atoms with E-state index in [4.69, 9.17) is 9.47 Å².